The van der Waals surface area contributed by atoms with Crippen molar-refractivity contribution in [1.82, 2.24) is 20.5 Å². The van der Waals surface area contributed by atoms with Crippen LogP contribution in [0, 0.1) is 0 Å². The number of anilines is 2. The van der Waals surface area contributed by atoms with Gasteiger partial charge in [-0.15, -0.1) is 0 Å². The van der Waals surface area contributed by atoms with Gasteiger partial charge in [0.15, 0.2) is 5.65 Å². The summed E-state index contributed by atoms with van der Waals surface area (Å²) < 4.78 is 0. The maximum absolute atomic E-state index is 12.3. The molecule has 0 fully saturated rings. The zero-order valence-electron chi connectivity index (χ0n) is 14.9. The van der Waals surface area contributed by atoms with E-state index in [9.17, 15) is 4.79 Å². The summed E-state index contributed by atoms with van der Waals surface area (Å²) >= 11 is 0. The smallest absolute Gasteiger partial charge is 0.319 e. The van der Waals surface area contributed by atoms with E-state index in [4.69, 9.17) is 0 Å². The van der Waals surface area contributed by atoms with Gasteiger partial charge in [-0.1, -0.05) is 0 Å². The number of nitrogens with zero attached hydrogens (tertiary/aromatic N) is 3. The number of urea groups is 1. The molecule has 2 heterocycles. The van der Waals surface area contributed by atoms with Gasteiger partial charge in [0.1, 0.15) is 0 Å². The average molecular weight is 350 g/mol. The van der Waals surface area contributed by atoms with Gasteiger partial charge in [0.05, 0.1) is 6.20 Å². The molecule has 3 N–H and O–H groups in total. The lowest BCUT2D eigenvalue weighted by Crippen LogP contribution is -2.41. The SMILES string of the molecule is CN(C)c1ccc(NC(=O)NC2CCc3c(cnc4[nH]ncc34)C2)cc1. The molecule has 4 rings (SSSR count). The molecule has 1 aromatic carbocycles. The van der Waals surface area contributed by atoms with E-state index in [1.165, 1.54) is 11.1 Å². The minimum absolute atomic E-state index is 0.106. The summed E-state index contributed by atoms with van der Waals surface area (Å²) in [5, 5.41) is 14.0. The number of H-pyrrole nitrogens is 1. The van der Waals surface area contributed by atoms with Crippen LogP contribution in [0.25, 0.3) is 11.0 Å². The standard InChI is InChI=1S/C19H22N6O/c1-25(2)15-6-3-13(4-7-15)22-19(26)23-14-5-8-16-12(9-14)10-20-18-17(16)11-21-24-18/h3-4,6-7,10-11,14H,5,8-9H2,1-2H3,(H,20,21,24)(H2,22,23,26). The number of benzene rings is 1. The Morgan fingerprint density at radius 1 is 1.23 bits per heavy atom. The fourth-order valence-corrected chi connectivity index (χ4v) is 3.47. The number of aromatic amines is 1. The van der Waals surface area contributed by atoms with Crippen LogP contribution in [-0.4, -0.2) is 41.3 Å². The van der Waals surface area contributed by atoms with E-state index < -0.39 is 0 Å². The van der Waals surface area contributed by atoms with Crippen LogP contribution in [0.1, 0.15) is 17.5 Å². The maximum Gasteiger partial charge on any atom is 0.319 e. The molecule has 0 aliphatic heterocycles. The van der Waals surface area contributed by atoms with Gasteiger partial charge in [-0.25, -0.2) is 9.78 Å². The first-order valence-corrected chi connectivity index (χ1v) is 8.75. The third-order valence-electron chi connectivity index (χ3n) is 4.87. The van der Waals surface area contributed by atoms with E-state index >= 15 is 0 Å². The molecule has 0 radical (unpaired) electrons. The summed E-state index contributed by atoms with van der Waals surface area (Å²) in [7, 11) is 3.98. The number of rotatable bonds is 3. The van der Waals surface area contributed by atoms with Gasteiger partial charge in [0, 0.05) is 43.1 Å². The quantitative estimate of drug-likeness (QED) is 0.678. The zero-order chi connectivity index (χ0) is 18.1. The Hall–Kier alpha value is -3.09. The Balaban J connectivity index is 1.39. The van der Waals surface area contributed by atoms with E-state index in [1.807, 2.05) is 55.7 Å². The van der Waals surface area contributed by atoms with Crippen molar-refractivity contribution in [3.8, 4) is 0 Å². The first kappa shape index (κ1) is 16.4. The van der Waals surface area contributed by atoms with Crippen LogP contribution in [0.15, 0.2) is 36.7 Å². The number of carbonyl (C=O) groups is 1. The van der Waals surface area contributed by atoms with E-state index in [0.717, 1.165) is 41.7 Å². The lowest BCUT2D eigenvalue weighted by molar-refractivity contribution is 0.247. The van der Waals surface area contributed by atoms with Crippen molar-refractivity contribution in [2.45, 2.75) is 25.3 Å². The minimum atomic E-state index is -0.173. The molecule has 1 aliphatic carbocycles. The van der Waals surface area contributed by atoms with Crippen molar-refractivity contribution in [2.24, 2.45) is 0 Å². The second-order valence-electron chi connectivity index (χ2n) is 6.87. The fourth-order valence-electron chi connectivity index (χ4n) is 3.47. The number of hydrogen-bond acceptors (Lipinski definition) is 4. The predicted molar refractivity (Wildman–Crippen MR) is 103 cm³/mol. The highest BCUT2D eigenvalue weighted by molar-refractivity contribution is 5.89. The molecule has 0 saturated heterocycles. The Labute approximate surface area is 151 Å². The molecular formula is C19H22N6O. The normalized spacial score (nSPS) is 16.2. The van der Waals surface area contributed by atoms with Crippen LogP contribution in [0.4, 0.5) is 16.2 Å². The lowest BCUT2D eigenvalue weighted by Gasteiger charge is -2.25. The number of aryl methyl sites for hydroxylation is 1. The first-order chi connectivity index (χ1) is 12.6. The molecule has 7 heteroatoms. The zero-order valence-corrected chi connectivity index (χ0v) is 14.9. The minimum Gasteiger partial charge on any atom is -0.378 e. The lowest BCUT2D eigenvalue weighted by atomic mass is 9.88. The molecule has 26 heavy (non-hydrogen) atoms. The molecule has 2 amide bonds. The largest absolute Gasteiger partial charge is 0.378 e. The van der Waals surface area contributed by atoms with Crippen molar-refractivity contribution < 1.29 is 4.79 Å². The summed E-state index contributed by atoms with van der Waals surface area (Å²) in [5.41, 5.74) is 5.19. The molecule has 0 spiro atoms. The fraction of sp³-hybridized carbons (Fsp3) is 0.316. The topological polar surface area (TPSA) is 85.9 Å². The number of nitrogens with one attached hydrogen (secondary N) is 3. The summed E-state index contributed by atoms with van der Waals surface area (Å²) in [6.45, 7) is 0. The van der Waals surface area contributed by atoms with Gasteiger partial charge >= 0.3 is 6.03 Å². The monoisotopic (exact) mass is 350 g/mol. The number of hydrogen-bond donors (Lipinski definition) is 3. The molecule has 1 aliphatic rings. The molecule has 1 unspecified atom stereocenters. The Kier molecular flexibility index (Phi) is 4.20. The van der Waals surface area contributed by atoms with Crippen LogP contribution in [0.2, 0.25) is 0 Å². The number of aromatic nitrogens is 3. The predicted octanol–water partition coefficient (Wildman–Crippen LogP) is 2.70. The van der Waals surface area contributed by atoms with E-state index in [0.29, 0.717) is 0 Å². The molecule has 1 atom stereocenters. The van der Waals surface area contributed by atoms with Gasteiger partial charge in [0.25, 0.3) is 0 Å². The van der Waals surface area contributed by atoms with Gasteiger partial charge in [-0.05, 0) is 54.7 Å². The molecule has 3 aromatic rings. The highest BCUT2D eigenvalue weighted by atomic mass is 16.2. The van der Waals surface area contributed by atoms with Gasteiger partial charge in [-0.2, -0.15) is 5.10 Å². The van der Waals surface area contributed by atoms with Crippen molar-refractivity contribution in [3.63, 3.8) is 0 Å². The number of fused-ring (bicyclic) bond motifs is 3. The molecule has 2 aromatic heterocycles. The number of carbonyl (C=O) groups excluding carboxylic acids is 1. The van der Waals surface area contributed by atoms with Crippen molar-refractivity contribution in [3.05, 3.63) is 47.8 Å². The Morgan fingerprint density at radius 3 is 2.81 bits per heavy atom. The van der Waals surface area contributed by atoms with Crippen molar-refractivity contribution in [2.75, 3.05) is 24.3 Å². The molecular weight excluding hydrogens is 328 g/mol. The van der Waals surface area contributed by atoms with Crippen molar-refractivity contribution >= 4 is 28.4 Å². The highest BCUT2D eigenvalue weighted by Gasteiger charge is 2.22. The highest BCUT2D eigenvalue weighted by Crippen LogP contribution is 2.26. The molecule has 0 saturated carbocycles. The van der Waals surface area contributed by atoms with E-state index in [1.54, 1.807) is 0 Å². The van der Waals surface area contributed by atoms with Crippen LogP contribution in [0.5, 0.6) is 0 Å². The third kappa shape index (κ3) is 3.20. The van der Waals surface area contributed by atoms with Crippen LogP contribution in [-0.2, 0) is 12.8 Å². The first-order valence-electron chi connectivity index (χ1n) is 8.75. The molecule has 0 bridgehead atoms. The van der Waals surface area contributed by atoms with Gasteiger partial charge in [0.2, 0.25) is 0 Å². The number of amides is 2. The average Bonchev–Trinajstić information content (AvgIpc) is 3.11. The molecule has 134 valence electrons. The van der Waals surface area contributed by atoms with Gasteiger partial charge < -0.3 is 15.5 Å². The maximum atomic E-state index is 12.3. The van der Waals surface area contributed by atoms with Crippen molar-refractivity contribution in [1.29, 1.82) is 0 Å². The van der Waals surface area contributed by atoms with Crippen LogP contribution in [0.3, 0.4) is 0 Å². The summed E-state index contributed by atoms with van der Waals surface area (Å²) in [5.74, 6) is 0. The second-order valence-corrected chi connectivity index (χ2v) is 6.87. The summed E-state index contributed by atoms with van der Waals surface area (Å²) in [6.07, 6.45) is 6.33. The van der Waals surface area contributed by atoms with Gasteiger partial charge in [-0.3, -0.25) is 5.10 Å². The summed E-state index contributed by atoms with van der Waals surface area (Å²) in [6, 6.07) is 7.71. The van der Waals surface area contributed by atoms with Crippen LogP contribution >= 0.6 is 0 Å². The number of pyridine rings is 1. The molecule has 7 nitrogen and oxygen atoms in total. The third-order valence-corrected chi connectivity index (χ3v) is 4.87. The van der Waals surface area contributed by atoms with E-state index in [2.05, 4.69) is 25.8 Å². The second kappa shape index (κ2) is 6.67. The van der Waals surface area contributed by atoms with E-state index in [-0.39, 0.29) is 12.1 Å². The Morgan fingerprint density at radius 2 is 2.04 bits per heavy atom. The Bertz CT molecular complexity index is 931. The summed E-state index contributed by atoms with van der Waals surface area (Å²) in [4.78, 5) is 18.7. The van der Waals surface area contributed by atoms with Crippen LogP contribution < -0.4 is 15.5 Å².